The number of halogens is 1. The van der Waals surface area contributed by atoms with Crippen molar-refractivity contribution in [3.8, 4) is 11.6 Å². The molecule has 0 saturated heterocycles. The second kappa shape index (κ2) is 10.4. The van der Waals surface area contributed by atoms with Gasteiger partial charge in [-0.05, 0) is 56.4 Å². The number of hydrogen-bond acceptors (Lipinski definition) is 7. The molecule has 10 heteroatoms. The molecule has 1 atom stereocenters. The Morgan fingerprint density at radius 3 is 2.62 bits per heavy atom. The predicted octanol–water partition coefficient (Wildman–Crippen LogP) is 5.80. The van der Waals surface area contributed by atoms with Crippen molar-refractivity contribution in [2.75, 3.05) is 5.32 Å². The minimum absolute atomic E-state index is 0.131. The van der Waals surface area contributed by atoms with Gasteiger partial charge in [0.1, 0.15) is 17.2 Å². The van der Waals surface area contributed by atoms with E-state index in [-0.39, 0.29) is 23.5 Å². The van der Waals surface area contributed by atoms with Crippen LogP contribution in [0.25, 0.3) is 28.4 Å². The number of nitrogens with zero attached hydrogens (tertiary/aromatic N) is 5. The minimum Gasteiger partial charge on any atom is -0.365 e. The topological polar surface area (TPSA) is 115 Å². The molecule has 2 aliphatic rings. The summed E-state index contributed by atoms with van der Waals surface area (Å²) in [5.74, 6) is 2.21. The number of fused-ring (bicyclic) bond motifs is 1. The standard InChI is InChI=1S/C29H34FN7O2/c1-16-11-13-19(14-12-16)15-37-23-24(31-18(3)20-7-6-8-20)32-26(27-35-29(38)39-36-27)33-25(23)34-28(37)17(2)21-9-4-5-10-22(21)30/h4-5,9-10,16,18-20H,2,6-8,11-15H2,1,3H3,(H,31,32,33)(H,35,36,38)/t16?,18-,19?/m1/s1. The summed E-state index contributed by atoms with van der Waals surface area (Å²) in [7, 11) is 0. The summed E-state index contributed by atoms with van der Waals surface area (Å²) in [4.78, 5) is 28.6. The van der Waals surface area contributed by atoms with E-state index in [0.717, 1.165) is 24.3 Å². The summed E-state index contributed by atoms with van der Waals surface area (Å²) in [6.07, 6.45) is 8.17. The Bertz CT molecular complexity index is 1560. The van der Waals surface area contributed by atoms with Crippen LogP contribution in [-0.4, -0.2) is 35.7 Å². The molecular weight excluding hydrogens is 497 g/mol. The lowest BCUT2D eigenvalue weighted by Crippen LogP contribution is -2.31. The van der Waals surface area contributed by atoms with Crippen LogP contribution in [0.5, 0.6) is 0 Å². The van der Waals surface area contributed by atoms with Crippen molar-refractivity contribution in [2.24, 2.45) is 17.8 Å². The van der Waals surface area contributed by atoms with Crippen LogP contribution in [0.15, 0.2) is 40.2 Å². The van der Waals surface area contributed by atoms with Gasteiger partial charge in [0.2, 0.25) is 11.6 Å². The molecule has 2 aliphatic carbocycles. The highest BCUT2D eigenvalue weighted by molar-refractivity contribution is 5.89. The van der Waals surface area contributed by atoms with Gasteiger partial charge < -0.3 is 9.88 Å². The molecule has 0 aliphatic heterocycles. The van der Waals surface area contributed by atoms with Gasteiger partial charge in [-0.25, -0.2) is 24.1 Å². The Hall–Kier alpha value is -3.82. The molecule has 1 aromatic carbocycles. The van der Waals surface area contributed by atoms with E-state index in [0.29, 0.717) is 46.8 Å². The Balaban J connectivity index is 1.52. The van der Waals surface area contributed by atoms with E-state index in [1.165, 1.54) is 38.2 Å². The highest BCUT2D eigenvalue weighted by Crippen LogP contribution is 2.36. The first-order valence-corrected chi connectivity index (χ1v) is 13.9. The van der Waals surface area contributed by atoms with Gasteiger partial charge in [0.25, 0.3) is 0 Å². The van der Waals surface area contributed by atoms with Crippen LogP contribution in [0, 0.1) is 23.6 Å². The summed E-state index contributed by atoms with van der Waals surface area (Å²) in [5, 5.41) is 7.43. The molecule has 3 heterocycles. The number of aromatic amines is 1. The Labute approximate surface area is 226 Å². The van der Waals surface area contributed by atoms with Crippen molar-refractivity contribution in [1.29, 1.82) is 0 Å². The molecule has 0 bridgehead atoms. The minimum atomic E-state index is -0.684. The lowest BCUT2D eigenvalue weighted by atomic mass is 9.80. The number of anilines is 1. The first-order chi connectivity index (χ1) is 18.9. The predicted molar refractivity (Wildman–Crippen MR) is 148 cm³/mol. The lowest BCUT2D eigenvalue weighted by molar-refractivity contribution is 0.266. The molecule has 2 N–H and O–H groups in total. The molecule has 6 rings (SSSR count). The molecule has 0 radical (unpaired) electrons. The number of rotatable bonds is 8. The van der Waals surface area contributed by atoms with Crippen molar-refractivity contribution < 1.29 is 8.91 Å². The van der Waals surface area contributed by atoms with E-state index in [4.69, 9.17) is 14.5 Å². The first-order valence-electron chi connectivity index (χ1n) is 13.9. The third-order valence-electron chi connectivity index (χ3n) is 8.52. The molecule has 204 valence electrons. The fourth-order valence-electron chi connectivity index (χ4n) is 5.85. The maximum atomic E-state index is 14.9. The van der Waals surface area contributed by atoms with E-state index in [9.17, 15) is 9.18 Å². The number of H-pyrrole nitrogens is 1. The third-order valence-corrected chi connectivity index (χ3v) is 8.52. The van der Waals surface area contributed by atoms with Gasteiger partial charge in [-0.15, -0.1) is 0 Å². The van der Waals surface area contributed by atoms with Crippen molar-refractivity contribution in [3.63, 3.8) is 0 Å². The lowest BCUT2D eigenvalue weighted by Gasteiger charge is -2.32. The molecular formula is C29H34FN7O2. The van der Waals surface area contributed by atoms with Crippen LogP contribution in [0.3, 0.4) is 0 Å². The average molecular weight is 532 g/mol. The molecule has 2 saturated carbocycles. The van der Waals surface area contributed by atoms with Crippen LogP contribution in [0.2, 0.25) is 0 Å². The van der Waals surface area contributed by atoms with Gasteiger partial charge >= 0.3 is 5.76 Å². The zero-order valence-electron chi connectivity index (χ0n) is 22.4. The fraction of sp³-hybridized carbons (Fsp3) is 0.483. The van der Waals surface area contributed by atoms with Gasteiger partial charge in [-0.3, -0.25) is 9.51 Å². The van der Waals surface area contributed by atoms with Crippen LogP contribution in [-0.2, 0) is 6.54 Å². The van der Waals surface area contributed by atoms with Crippen molar-refractivity contribution >= 4 is 22.6 Å². The van der Waals surface area contributed by atoms with E-state index >= 15 is 0 Å². The number of benzene rings is 1. The quantitative estimate of drug-likeness (QED) is 0.295. The maximum Gasteiger partial charge on any atom is 0.439 e. The van der Waals surface area contributed by atoms with Gasteiger partial charge in [-0.2, -0.15) is 0 Å². The van der Waals surface area contributed by atoms with E-state index < -0.39 is 5.76 Å². The van der Waals surface area contributed by atoms with Crippen LogP contribution in [0.4, 0.5) is 10.2 Å². The van der Waals surface area contributed by atoms with Crippen LogP contribution >= 0.6 is 0 Å². The van der Waals surface area contributed by atoms with Crippen LogP contribution in [0.1, 0.15) is 70.2 Å². The van der Waals surface area contributed by atoms with Crippen molar-refractivity contribution in [1.82, 2.24) is 29.7 Å². The molecule has 0 spiro atoms. The number of aromatic nitrogens is 6. The first kappa shape index (κ1) is 25.5. The zero-order valence-corrected chi connectivity index (χ0v) is 22.4. The van der Waals surface area contributed by atoms with Gasteiger partial charge in [0, 0.05) is 23.7 Å². The summed E-state index contributed by atoms with van der Waals surface area (Å²) in [6, 6.07) is 6.79. The third kappa shape index (κ3) is 4.99. The molecule has 4 aromatic rings. The molecule has 0 unspecified atom stereocenters. The Kier molecular flexibility index (Phi) is 6.78. The van der Waals surface area contributed by atoms with Crippen LogP contribution < -0.4 is 11.1 Å². The van der Waals surface area contributed by atoms with Gasteiger partial charge in [0.15, 0.2) is 11.5 Å². The van der Waals surface area contributed by atoms with E-state index in [2.05, 4.69) is 45.4 Å². The monoisotopic (exact) mass is 531 g/mol. The van der Waals surface area contributed by atoms with Gasteiger partial charge in [0.05, 0.1) is 0 Å². The van der Waals surface area contributed by atoms with Gasteiger partial charge in [-0.1, -0.05) is 56.1 Å². The summed E-state index contributed by atoms with van der Waals surface area (Å²) in [6.45, 7) is 9.46. The second-order valence-electron chi connectivity index (χ2n) is 11.3. The SMILES string of the molecule is C=C(c1ccccc1F)c1nc2nc(-c3noc(=O)[nH]3)nc(N[C@H](C)C3CCC3)c2n1CC1CCC(C)CC1. The van der Waals surface area contributed by atoms with Crippen molar-refractivity contribution in [3.05, 3.63) is 58.6 Å². The smallest absolute Gasteiger partial charge is 0.365 e. The Morgan fingerprint density at radius 2 is 1.95 bits per heavy atom. The normalized spacial score (nSPS) is 20.6. The molecule has 9 nitrogen and oxygen atoms in total. The number of hydrogen-bond donors (Lipinski definition) is 2. The summed E-state index contributed by atoms with van der Waals surface area (Å²) >= 11 is 0. The molecule has 2 fully saturated rings. The maximum absolute atomic E-state index is 14.9. The zero-order chi connectivity index (χ0) is 27.1. The molecule has 3 aromatic heterocycles. The second-order valence-corrected chi connectivity index (χ2v) is 11.3. The highest BCUT2D eigenvalue weighted by atomic mass is 19.1. The van der Waals surface area contributed by atoms with E-state index in [1.54, 1.807) is 18.2 Å². The fourth-order valence-corrected chi connectivity index (χ4v) is 5.85. The Morgan fingerprint density at radius 1 is 1.18 bits per heavy atom. The summed E-state index contributed by atoms with van der Waals surface area (Å²) < 4.78 is 21.7. The van der Waals surface area contributed by atoms with E-state index in [1.807, 2.05) is 0 Å². The highest BCUT2D eigenvalue weighted by Gasteiger charge is 2.29. The molecule has 0 amide bonds. The number of imidazole rings is 1. The average Bonchev–Trinajstić information content (AvgIpc) is 3.48. The molecule has 39 heavy (non-hydrogen) atoms. The largest absolute Gasteiger partial charge is 0.439 e. The summed E-state index contributed by atoms with van der Waals surface area (Å²) in [5.41, 5.74) is 2.08. The van der Waals surface area contributed by atoms with Crippen molar-refractivity contribution in [2.45, 2.75) is 71.4 Å². The number of nitrogens with one attached hydrogen (secondary N) is 2.